The topological polar surface area (TPSA) is 27.7 Å². The number of hydrogen-bond acceptors (Lipinski definition) is 3. The van der Waals surface area contributed by atoms with E-state index in [4.69, 9.17) is 14.2 Å². The fraction of sp³-hybridized carbons (Fsp3) is 0.250. The Hall–Kier alpha value is -2.51. The zero-order chi connectivity index (χ0) is 19.8. The molecule has 3 aromatic rings. The van der Waals surface area contributed by atoms with Gasteiger partial charge in [-0.15, -0.1) is 0 Å². The van der Waals surface area contributed by atoms with Crippen molar-refractivity contribution in [2.45, 2.75) is 20.8 Å². The van der Waals surface area contributed by atoms with Crippen molar-refractivity contribution in [3.05, 3.63) is 72.8 Å². The molecule has 0 N–H and O–H groups in total. The van der Waals surface area contributed by atoms with Crippen LogP contribution in [-0.2, 0) is 0 Å². The van der Waals surface area contributed by atoms with Gasteiger partial charge in [0.1, 0.15) is 17.2 Å². The SMILES string of the molecule is CCOc1ccc(P(c2ccc(OCC)cc2)c2ccc(OCC)cc2)cc1. The Bertz CT molecular complexity index is 725. The predicted octanol–water partition coefficient (Wildman–Crippen LogP) is 4.64. The zero-order valence-corrected chi connectivity index (χ0v) is 17.6. The van der Waals surface area contributed by atoms with Crippen molar-refractivity contribution >= 4 is 23.8 Å². The van der Waals surface area contributed by atoms with Gasteiger partial charge >= 0.3 is 0 Å². The molecule has 0 aliphatic heterocycles. The summed E-state index contributed by atoms with van der Waals surface area (Å²) in [5.74, 6) is 2.71. The third kappa shape index (κ3) is 5.05. The molecule has 0 saturated carbocycles. The Labute approximate surface area is 169 Å². The summed E-state index contributed by atoms with van der Waals surface area (Å²) in [6.45, 7) is 8.02. The molecule has 0 aromatic heterocycles. The van der Waals surface area contributed by atoms with Crippen LogP contribution in [0.4, 0.5) is 0 Å². The van der Waals surface area contributed by atoms with Crippen LogP contribution >= 0.6 is 7.92 Å². The van der Waals surface area contributed by atoms with Gasteiger partial charge in [0.25, 0.3) is 0 Å². The molecule has 0 aliphatic rings. The van der Waals surface area contributed by atoms with Gasteiger partial charge in [-0.3, -0.25) is 0 Å². The molecule has 28 heavy (non-hydrogen) atoms. The van der Waals surface area contributed by atoms with Gasteiger partial charge in [-0.25, -0.2) is 0 Å². The van der Waals surface area contributed by atoms with E-state index in [1.165, 1.54) is 15.9 Å². The second-order valence-corrected chi connectivity index (χ2v) is 8.34. The molecule has 0 spiro atoms. The van der Waals surface area contributed by atoms with Gasteiger partial charge in [0.05, 0.1) is 19.8 Å². The van der Waals surface area contributed by atoms with Crippen molar-refractivity contribution in [3.63, 3.8) is 0 Å². The molecule has 3 rings (SSSR count). The first kappa shape index (κ1) is 20.2. The summed E-state index contributed by atoms with van der Waals surface area (Å²) in [7, 11) is -0.678. The van der Waals surface area contributed by atoms with E-state index in [2.05, 4.69) is 72.8 Å². The standard InChI is InChI=1S/C24H27O3P/c1-4-25-19-7-13-22(14-8-19)28(23-15-9-20(10-16-23)26-5-2)24-17-11-21(12-18-24)27-6-3/h7-18H,4-6H2,1-3H3. The Balaban J connectivity index is 1.97. The zero-order valence-electron chi connectivity index (χ0n) is 16.7. The fourth-order valence-electron chi connectivity index (χ4n) is 3.02. The molecule has 0 unspecified atom stereocenters. The molecule has 0 saturated heterocycles. The van der Waals surface area contributed by atoms with Crippen molar-refractivity contribution in [2.24, 2.45) is 0 Å². The lowest BCUT2D eigenvalue weighted by Crippen LogP contribution is -2.20. The smallest absolute Gasteiger partial charge is 0.119 e. The third-order valence-corrected chi connectivity index (χ3v) is 6.66. The Morgan fingerprint density at radius 3 is 0.929 bits per heavy atom. The molecular weight excluding hydrogens is 367 g/mol. The van der Waals surface area contributed by atoms with Crippen LogP contribution in [0.25, 0.3) is 0 Å². The predicted molar refractivity (Wildman–Crippen MR) is 119 cm³/mol. The van der Waals surface area contributed by atoms with Crippen LogP contribution in [-0.4, -0.2) is 19.8 Å². The largest absolute Gasteiger partial charge is 0.494 e. The highest BCUT2D eigenvalue weighted by Crippen LogP contribution is 2.34. The Morgan fingerprint density at radius 2 is 0.714 bits per heavy atom. The lowest BCUT2D eigenvalue weighted by atomic mass is 10.3. The van der Waals surface area contributed by atoms with E-state index >= 15 is 0 Å². The Morgan fingerprint density at radius 1 is 0.464 bits per heavy atom. The van der Waals surface area contributed by atoms with E-state index in [1.807, 2.05) is 20.8 Å². The highest BCUT2D eigenvalue weighted by molar-refractivity contribution is 7.79. The monoisotopic (exact) mass is 394 g/mol. The number of rotatable bonds is 9. The lowest BCUT2D eigenvalue weighted by Gasteiger charge is -2.20. The van der Waals surface area contributed by atoms with Crippen LogP contribution in [0.5, 0.6) is 17.2 Å². The van der Waals surface area contributed by atoms with E-state index in [-0.39, 0.29) is 0 Å². The molecule has 4 heteroatoms. The van der Waals surface area contributed by atoms with Crippen LogP contribution in [0.1, 0.15) is 20.8 Å². The summed E-state index contributed by atoms with van der Waals surface area (Å²) in [6.07, 6.45) is 0. The summed E-state index contributed by atoms with van der Waals surface area (Å²) in [6, 6.07) is 25.3. The average Bonchev–Trinajstić information content (AvgIpc) is 2.73. The quantitative estimate of drug-likeness (QED) is 0.495. The first-order chi connectivity index (χ1) is 13.7. The van der Waals surface area contributed by atoms with Crippen molar-refractivity contribution in [3.8, 4) is 17.2 Å². The van der Waals surface area contributed by atoms with Gasteiger partial charge in [0.15, 0.2) is 0 Å². The van der Waals surface area contributed by atoms with Gasteiger partial charge in [-0.05, 0) is 81.0 Å². The molecule has 0 radical (unpaired) electrons. The fourth-order valence-corrected chi connectivity index (χ4v) is 5.26. The van der Waals surface area contributed by atoms with E-state index in [1.54, 1.807) is 0 Å². The highest BCUT2D eigenvalue weighted by atomic mass is 31.1. The van der Waals surface area contributed by atoms with Crippen LogP contribution in [0.3, 0.4) is 0 Å². The summed E-state index contributed by atoms with van der Waals surface area (Å²) in [5, 5.41) is 3.85. The maximum absolute atomic E-state index is 5.61. The molecular formula is C24H27O3P. The molecule has 146 valence electrons. The van der Waals surface area contributed by atoms with Crippen LogP contribution in [0.2, 0.25) is 0 Å². The molecule has 0 fully saturated rings. The van der Waals surface area contributed by atoms with Gasteiger partial charge in [0.2, 0.25) is 0 Å². The second-order valence-electron chi connectivity index (χ2n) is 6.12. The van der Waals surface area contributed by atoms with Crippen molar-refractivity contribution < 1.29 is 14.2 Å². The van der Waals surface area contributed by atoms with Crippen LogP contribution < -0.4 is 30.1 Å². The molecule has 0 heterocycles. The molecule has 3 aromatic carbocycles. The molecule has 0 bridgehead atoms. The van der Waals surface area contributed by atoms with Crippen molar-refractivity contribution in [1.29, 1.82) is 0 Å². The summed E-state index contributed by atoms with van der Waals surface area (Å²) in [5.41, 5.74) is 0. The maximum Gasteiger partial charge on any atom is 0.119 e. The van der Waals surface area contributed by atoms with Crippen molar-refractivity contribution in [2.75, 3.05) is 19.8 Å². The second kappa shape index (κ2) is 10.1. The minimum Gasteiger partial charge on any atom is -0.494 e. The summed E-state index contributed by atoms with van der Waals surface area (Å²) in [4.78, 5) is 0. The Kier molecular flexibility index (Phi) is 7.33. The van der Waals surface area contributed by atoms with Crippen LogP contribution in [0, 0.1) is 0 Å². The van der Waals surface area contributed by atoms with E-state index in [9.17, 15) is 0 Å². The number of ether oxygens (including phenoxy) is 3. The number of hydrogen-bond donors (Lipinski definition) is 0. The first-order valence-electron chi connectivity index (χ1n) is 9.73. The average molecular weight is 394 g/mol. The summed E-state index contributed by atoms with van der Waals surface area (Å²) >= 11 is 0. The third-order valence-electron chi connectivity index (χ3n) is 4.22. The van der Waals surface area contributed by atoms with Gasteiger partial charge in [-0.1, -0.05) is 36.4 Å². The maximum atomic E-state index is 5.61. The van der Waals surface area contributed by atoms with E-state index in [0.717, 1.165) is 17.2 Å². The van der Waals surface area contributed by atoms with E-state index < -0.39 is 7.92 Å². The first-order valence-corrected chi connectivity index (χ1v) is 11.1. The number of benzene rings is 3. The van der Waals surface area contributed by atoms with Gasteiger partial charge < -0.3 is 14.2 Å². The van der Waals surface area contributed by atoms with Gasteiger partial charge in [0, 0.05) is 0 Å². The molecule has 3 nitrogen and oxygen atoms in total. The molecule has 0 aliphatic carbocycles. The van der Waals surface area contributed by atoms with Crippen molar-refractivity contribution in [1.82, 2.24) is 0 Å². The molecule has 0 atom stereocenters. The normalized spacial score (nSPS) is 10.7. The minimum atomic E-state index is -0.678. The molecule has 0 amide bonds. The summed E-state index contributed by atoms with van der Waals surface area (Å²) < 4.78 is 16.8. The lowest BCUT2D eigenvalue weighted by molar-refractivity contribution is 0.340. The van der Waals surface area contributed by atoms with E-state index in [0.29, 0.717) is 19.8 Å². The van der Waals surface area contributed by atoms with Crippen LogP contribution in [0.15, 0.2) is 72.8 Å². The minimum absolute atomic E-state index is 0.673. The highest BCUT2D eigenvalue weighted by Gasteiger charge is 2.17. The van der Waals surface area contributed by atoms with Gasteiger partial charge in [-0.2, -0.15) is 0 Å².